The van der Waals surface area contributed by atoms with E-state index in [1.165, 1.54) is 12.3 Å². The molecule has 1 aromatic heterocycles. The lowest BCUT2D eigenvalue weighted by atomic mass is 10.1. The molecular weight excluding hydrogens is 314 g/mol. The third kappa shape index (κ3) is 3.24. The molecule has 0 unspecified atom stereocenters. The van der Waals surface area contributed by atoms with Crippen LogP contribution in [0.2, 0.25) is 0 Å². The summed E-state index contributed by atoms with van der Waals surface area (Å²) in [7, 11) is -3.73. The minimum atomic E-state index is -3.73. The number of hydrogen-bond donors (Lipinski definition) is 2. The second-order valence-electron chi connectivity index (χ2n) is 5.85. The van der Waals surface area contributed by atoms with Gasteiger partial charge in [0.05, 0.1) is 0 Å². The first-order valence-corrected chi connectivity index (χ1v) is 8.93. The molecule has 0 spiro atoms. The number of rotatable bonds is 3. The van der Waals surface area contributed by atoms with Gasteiger partial charge in [-0.1, -0.05) is 6.07 Å². The Morgan fingerprint density at radius 1 is 1.13 bits per heavy atom. The van der Waals surface area contributed by atoms with Crippen LogP contribution in [0.25, 0.3) is 0 Å². The van der Waals surface area contributed by atoms with E-state index in [1.54, 1.807) is 16.7 Å². The normalized spacial score (nSPS) is 14.8. The molecule has 2 heterocycles. The average molecular weight is 333 g/mol. The lowest BCUT2D eigenvalue weighted by Crippen LogP contribution is -2.22. The summed E-state index contributed by atoms with van der Waals surface area (Å²) in [5.41, 5.74) is 2.86. The molecule has 1 aliphatic rings. The SMILES string of the molecule is Cc1cc(C)cc(NS(=O)(=O)c2cc3n(c2)CCCNC3=O)c1. The number of carbonyl (C=O) groups is 1. The van der Waals surface area contributed by atoms with Gasteiger partial charge in [0.25, 0.3) is 15.9 Å². The van der Waals surface area contributed by atoms with Crippen molar-refractivity contribution in [2.24, 2.45) is 0 Å². The van der Waals surface area contributed by atoms with Crippen molar-refractivity contribution in [1.82, 2.24) is 9.88 Å². The second-order valence-corrected chi connectivity index (χ2v) is 7.53. The summed E-state index contributed by atoms with van der Waals surface area (Å²) in [6.07, 6.45) is 2.29. The number of aryl methyl sites for hydroxylation is 3. The molecule has 0 fully saturated rings. The van der Waals surface area contributed by atoms with Gasteiger partial charge in [-0.3, -0.25) is 9.52 Å². The van der Waals surface area contributed by atoms with E-state index in [1.807, 2.05) is 19.9 Å². The van der Waals surface area contributed by atoms with Gasteiger partial charge in [0.15, 0.2) is 0 Å². The van der Waals surface area contributed by atoms with Crippen LogP contribution in [-0.2, 0) is 16.6 Å². The predicted octanol–water partition coefficient (Wildman–Crippen LogP) is 2.04. The Morgan fingerprint density at radius 3 is 2.52 bits per heavy atom. The van der Waals surface area contributed by atoms with E-state index in [-0.39, 0.29) is 10.8 Å². The molecule has 2 aromatic rings. The van der Waals surface area contributed by atoms with Crippen LogP contribution in [0.15, 0.2) is 35.4 Å². The third-order valence-electron chi connectivity index (χ3n) is 3.75. The molecule has 0 radical (unpaired) electrons. The van der Waals surface area contributed by atoms with Crippen LogP contribution in [0.3, 0.4) is 0 Å². The largest absolute Gasteiger partial charge is 0.351 e. The van der Waals surface area contributed by atoms with Crippen LogP contribution in [0.4, 0.5) is 5.69 Å². The molecule has 23 heavy (non-hydrogen) atoms. The van der Waals surface area contributed by atoms with Crippen molar-refractivity contribution in [2.75, 3.05) is 11.3 Å². The number of hydrogen-bond acceptors (Lipinski definition) is 3. The molecule has 3 rings (SSSR count). The molecule has 122 valence electrons. The zero-order chi connectivity index (χ0) is 16.6. The highest BCUT2D eigenvalue weighted by atomic mass is 32.2. The highest BCUT2D eigenvalue weighted by Crippen LogP contribution is 2.21. The summed E-state index contributed by atoms with van der Waals surface area (Å²) in [6.45, 7) is 5.04. The zero-order valence-corrected chi connectivity index (χ0v) is 13.9. The van der Waals surface area contributed by atoms with E-state index in [0.717, 1.165) is 17.5 Å². The van der Waals surface area contributed by atoms with Crippen LogP contribution >= 0.6 is 0 Å². The summed E-state index contributed by atoms with van der Waals surface area (Å²) < 4.78 is 29.4. The molecule has 6 nitrogen and oxygen atoms in total. The molecule has 2 N–H and O–H groups in total. The van der Waals surface area contributed by atoms with E-state index in [9.17, 15) is 13.2 Å². The number of nitrogens with zero attached hydrogens (tertiary/aromatic N) is 1. The average Bonchev–Trinajstić information content (AvgIpc) is 2.79. The lowest BCUT2D eigenvalue weighted by molar-refractivity contribution is 0.0951. The Morgan fingerprint density at radius 2 is 1.83 bits per heavy atom. The molecule has 7 heteroatoms. The van der Waals surface area contributed by atoms with E-state index >= 15 is 0 Å². The standard InChI is InChI=1S/C16H19N3O3S/c1-11-6-12(2)8-13(7-11)18-23(21,22)14-9-15-16(20)17-4-3-5-19(15)10-14/h6-10,18H,3-5H2,1-2H3,(H,17,20). The molecule has 0 atom stereocenters. The topological polar surface area (TPSA) is 80.2 Å². The molecule has 0 aliphatic carbocycles. The zero-order valence-electron chi connectivity index (χ0n) is 13.1. The van der Waals surface area contributed by atoms with Gasteiger partial charge >= 0.3 is 0 Å². The first kappa shape index (κ1) is 15.6. The Hall–Kier alpha value is -2.28. The number of anilines is 1. The Kier molecular flexibility index (Phi) is 3.89. The monoisotopic (exact) mass is 333 g/mol. The molecule has 1 amide bonds. The molecule has 1 aliphatic heterocycles. The van der Waals surface area contributed by atoms with Crippen LogP contribution in [0.5, 0.6) is 0 Å². The molecule has 0 saturated heterocycles. The smallest absolute Gasteiger partial charge is 0.267 e. The maximum Gasteiger partial charge on any atom is 0.267 e. The van der Waals surface area contributed by atoms with Crippen molar-refractivity contribution >= 4 is 21.6 Å². The maximum atomic E-state index is 12.6. The second kappa shape index (κ2) is 5.73. The van der Waals surface area contributed by atoms with Gasteiger partial charge in [-0.05, 0) is 49.6 Å². The van der Waals surface area contributed by atoms with E-state index in [2.05, 4.69) is 10.0 Å². The number of sulfonamides is 1. The van der Waals surface area contributed by atoms with Crippen molar-refractivity contribution in [3.63, 3.8) is 0 Å². The van der Waals surface area contributed by atoms with Crippen molar-refractivity contribution in [2.45, 2.75) is 31.7 Å². The van der Waals surface area contributed by atoms with Gasteiger partial charge < -0.3 is 9.88 Å². The van der Waals surface area contributed by atoms with Gasteiger partial charge in [0, 0.05) is 25.0 Å². The van der Waals surface area contributed by atoms with Gasteiger partial charge in [-0.15, -0.1) is 0 Å². The summed E-state index contributed by atoms with van der Waals surface area (Å²) in [4.78, 5) is 12.0. The Labute approximate surface area is 135 Å². The van der Waals surface area contributed by atoms with Gasteiger partial charge in [-0.2, -0.15) is 0 Å². The molecule has 1 aromatic carbocycles. The van der Waals surface area contributed by atoms with E-state index < -0.39 is 10.0 Å². The highest BCUT2D eigenvalue weighted by Gasteiger charge is 2.23. The minimum Gasteiger partial charge on any atom is -0.351 e. The molecular formula is C16H19N3O3S. The van der Waals surface area contributed by atoms with Crippen molar-refractivity contribution in [3.05, 3.63) is 47.3 Å². The number of amides is 1. The fraction of sp³-hybridized carbons (Fsp3) is 0.312. The Bertz CT molecular complexity index is 848. The number of carbonyl (C=O) groups excluding carboxylic acids is 1. The maximum absolute atomic E-state index is 12.6. The number of benzene rings is 1. The van der Waals surface area contributed by atoms with Gasteiger partial charge in [-0.25, -0.2) is 8.42 Å². The fourth-order valence-corrected chi connectivity index (χ4v) is 3.87. The number of aromatic nitrogens is 1. The van der Waals surface area contributed by atoms with Crippen LogP contribution < -0.4 is 10.0 Å². The summed E-state index contributed by atoms with van der Waals surface area (Å²) in [5, 5.41) is 2.76. The van der Waals surface area contributed by atoms with Crippen LogP contribution in [-0.4, -0.2) is 25.4 Å². The van der Waals surface area contributed by atoms with Crippen LogP contribution in [0.1, 0.15) is 28.0 Å². The van der Waals surface area contributed by atoms with Crippen molar-refractivity contribution in [1.29, 1.82) is 0 Å². The molecule has 0 saturated carbocycles. The lowest BCUT2D eigenvalue weighted by Gasteiger charge is -2.08. The number of nitrogens with one attached hydrogen (secondary N) is 2. The first-order chi connectivity index (χ1) is 10.8. The quantitative estimate of drug-likeness (QED) is 0.902. The minimum absolute atomic E-state index is 0.101. The van der Waals surface area contributed by atoms with Gasteiger partial charge in [0.2, 0.25) is 0 Å². The fourth-order valence-electron chi connectivity index (χ4n) is 2.80. The number of fused-ring (bicyclic) bond motifs is 1. The Balaban J connectivity index is 1.94. The van der Waals surface area contributed by atoms with E-state index in [0.29, 0.717) is 24.5 Å². The summed E-state index contributed by atoms with van der Waals surface area (Å²) in [5.74, 6) is -0.240. The van der Waals surface area contributed by atoms with Crippen molar-refractivity contribution < 1.29 is 13.2 Å². The third-order valence-corrected chi connectivity index (χ3v) is 5.10. The van der Waals surface area contributed by atoms with Crippen LogP contribution in [0, 0.1) is 13.8 Å². The van der Waals surface area contributed by atoms with Gasteiger partial charge in [0.1, 0.15) is 10.6 Å². The van der Waals surface area contributed by atoms with E-state index in [4.69, 9.17) is 0 Å². The first-order valence-electron chi connectivity index (χ1n) is 7.45. The van der Waals surface area contributed by atoms with Crippen molar-refractivity contribution in [3.8, 4) is 0 Å². The predicted molar refractivity (Wildman–Crippen MR) is 88.1 cm³/mol. The summed E-state index contributed by atoms with van der Waals surface area (Å²) in [6, 6.07) is 6.95. The summed E-state index contributed by atoms with van der Waals surface area (Å²) >= 11 is 0. The molecule has 0 bridgehead atoms. The highest BCUT2D eigenvalue weighted by molar-refractivity contribution is 7.92.